The summed E-state index contributed by atoms with van der Waals surface area (Å²) in [6, 6.07) is 12.7. The lowest BCUT2D eigenvalue weighted by atomic mass is 9.88. The molecular formula is C27H30N4O3. The van der Waals surface area contributed by atoms with E-state index in [0.29, 0.717) is 5.69 Å². The number of urea groups is 1. The van der Waals surface area contributed by atoms with Gasteiger partial charge in [-0.1, -0.05) is 29.8 Å². The van der Waals surface area contributed by atoms with Crippen LogP contribution in [0.5, 0.6) is 0 Å². The minimum absolute atomic E-state index is 0.0825. The predicted octanol–water partition coefficient (Wildman–Crippen LogP) is 4.55. The SMILES string of the molecule is CCN1c2ccc(/C=C3/NC(=O)N(CC(=O)Nc4ccc(C)cc4)C3=O)cc2C(C)=CC1(C)C. The maximum Gasteiger partial charge on any atom is 0.329 e. The van der Waals surface area contributed by atoms with Gasteiger partial charge in [0.15, 0.2) is 0 Å². The Balaban J connectivity index is 1.52. The Morgan fingerprint density at radius 3 is 2.47 bits per heavy atom. The van der Waals surface area contributed by atoms with Crippen LogP contribution < -0.4 is 15.5 Å². The molecule has 2 heterocycles. The largest absolute Gasteiger partial charge is 0.363 e. The predicted molar refractivity (Wildman–Crippen MR) is 135 cm³/mol. The zero-order valence-corrected chi connectivity index (χ0v) is 20.2. The number of rotatable bonds is 5. The van der Waals surface area contributed by atoms with Crippen LogP contribution >= 0.6 is 0 Å². The maximum atomic E-state index is 12.9. The van der Waals surface area contributed by atoms with Gasteiger partial charge in [0.1, 0.15) is 12.2 Å². The quantitative estimate of drug-likeness (QED) is 0.509. The zero-order valence-electron chi connectivity index (χ0n) is 20.2. The molecular weight excluding hydrogens is 428 g/mol. The van der Waals surface area contributed by atoms with Crippen LogP contribution in [0.4, 0.5) is 16.2 Å². The fraction of sp³-hybridized carbons (Fsp3) is 0.296. The average molecular weight is 459 g/mol. The second-order valence-electron chi connectivity index (χ2n) is 9.30. The van der Waals surface area contributed by atoms with Crippen LogP contribution in [-0.2, 0) is 9.59 Å². The van der Waals surface area contributed by atoms with Crippen molar-refractivity contribution in [3.05, 3.63) is 70.9 Å². The Morgan fingerprint density at radius 2 is 1.79 bits per heavy atom. The molecule has 34 heavy (non-hydrogen) atoms. The van der Waals surface area contributed by atoms with Crippen molar-refractivity contribution in [2.75, 3.05) is 23.3 Å². The van der Waals surface area contributed by atoms with Gasteiger partial charge in [-0.3, -0.25) is 9.59 Å². The van der Waals surface area contributed by atoms with E-state index in [1.807, 2.05) is 31.2 Å². The van der Waals surface area contributed by atoms with E-state index < -0.39 is 17.8 Å². The molecule has 2 N–H and O–H groups in total. The standard InChI is InChI=1S/C27H30N4O3/c1-6-31-23-12-9-19(13-21(23)18(3)15-27(31,4)5)14-22-25(33)30(26(34)29-22)16-24(32)28-20-10-7-17(2)8-11-20/h7-15H,6,16H2,1-5H3,(H,28,32)(H,29,34)/b22-14+. The monoisotopic (exact) mass is 458 g/mol. The van der Waals surface area contributed by atoms with Gasteiger partial charge in [0.2, 0.25) is 5.91 Å². The van der Waals surface area contributed by atoms with Crippen LogP contribution in [0.3, 0.4) is 0 Å². The summed E-state index contributed by atoms with van der Waals surface area (Å²) in [4.78, 5) is 40.9. The Kier molecular flexibility index (Phi) is 6.04. The second-order valence-corrected chi connectivity index (χ2v) is 9.30. The number of hydrogen-bond donors (Lipinski definition) is 2. The lowest BCUT2D eigenvalue weighted by Crippen LogP contribution is -2.44. The topological polar surface area (TPSA) is 81.8 Å². The van der Waals surface area contributed by atoms with Crippen molar-refractivity contribution >= 4 is 40.9 Å². The van der Waals surface area contributed by atoms with Crippen LogP contribution in [0, 0.1) is 6.92 Å². The molecule has 1 fully saturated rings. The number of carbonyl (C=O) groups excluding carboxylic acids is 3. The van der Waals surface area contributed by atoms with Crippen LogP contribution in [0.15, 0.2) is 54.2 Å². The molecule has 4 rings (SSSR count). The Labute approximate surface area is 200 Å². The molecule has 2 aromatic carbocycles. The fourth-order valence-electron chi connectivity index (χ4n) is 4.63. The van der Waals surface area contributed by atoms with E-state index in [0.717, 1.165) is 33.8 Å². The second kappa shape index (κ2) is 8.82. The summed E-state index contributed by atoms with van der Waals surface area (Å²) in [5, 5.41) is 5.31. The molecule has 0 bridgehead atoms. The lowest BCUT2D eigenvalue weighted by molar-refractivity contribution is -0.127. The van der Waals surface area contributed by atoms with Crippen LogP contribution in [-0.4, -0.2) is 41.4 Å². The summed E-state index contributed by atoms with van der Waals surface area (Å²) < 4.78 is 0. The van der Waals surface area contributed by atoms with Gasteiger partial charge in [-0.2, -0.15) is 0 Å². The number of benzene rings is 2. The minimum atomic E-state index is -0.608. The first-order valence-corrected chi connectivity index (χ1v) is 11.4. The van der Waals surface area contributed by atoms with Gasteiger partial charge in [0.25, 0.3) is 5.91 Å². The first kappa shape index (κ1) is 23.3. The highest BCUT2D eigenvalue weighted by molar-refractivity contribution is 6.16. The Morgan fingerprint density at radius 1 is 1.09 bits per heavy atom. The first-order valence-electron chi connectivity index (χ1n) is 11.4. The molecule has 0 aliphatic carbocycles. The molecule has 7 nitrogen and oxygen atoms in total. The van der Waals surface area contributed by atoms with Gasteiger partial charge >= 0.3 is 6.03 Å². The summed E-state index contributed by atoms with van der Waals surface area (Å²) in [7, 11) is 0. The number of fused-ring (bicyclic) bond motifs is 1. The molecule has 7 heteroatoms. The molecule has 0 saturated carbocycles. The van der Waals surface area contributed by atoms with Crippen molar-refractivity contribution in [2.24, 2.45) is 0 Å². The highest BCUT2D eigenvalue weighted by Crippen LogP contribution is 2.39. The van der Waals surface area contributed by atoms with Crippen LogP contribution in [0.1, 0.15) is 44.4 Å². The molecule has 4 amide bonds. The third-order valence-electron chi connectivity index (χ3n) is 6.23. The third kappa shape index (κ3) is 4.46. The van der Waals surface area contributed by atoms with Gasteiger partial charge in [-0.05, 0) is 76.1 Å². The number of carbonyl (C=O) groups is 3. The molecule has 2 aliphatic heterocycles. The normalized spacial score (nSPS) is 18.0. The molecule has 0 radical (unpaired) electrons. The van der Waals surface area contributed by atoms with E-state index in [9.17, 15) is 14.4 Å². The fourth-order valence-corrected chi connectivity index (χ4v) is 4.63. The van der Waals surface area contributed by atoms with Gasteiger partial charge < -0.3 is 15.5 Å². The summed E-state index contributed by atoms with van der Waals surface area (Å²) >= 11 is 0. The van der Waals surface area contributed by atoms with E-state index in [4.69, 9.17) is 0 Å². The molecule has 1 saturated heterocycles. The number of allylic oxidation sites excluding steroid dienone is 1. The summed E-state index contributed by atoms with van der Waals surface area (Å²) in [5.74, 6) is -0.962. The number of aryl methyl sites for hydroxylation is 1. The summed E-state index contributed by atoms with van der Waals surface area (Å²) in [5.41, 5.74) is 5.96. The Bertz CT molecular complexity index is 1220. The van der Waals surface area contributed by atoms with E-state index in [2.05, 4.69) is 55.4 Å². The van der Waals surface area contributed by atoms with Crippen LogP contribution in [0.2, 0.25) is 0 Å². The van der Waals surface area contributed by atoms with Crippen LogP contribution in [0.25, 0.3) is 11.6 Å². The number of anilines is 2. The molecule has 0 unspecified atom stereocenters. The average Bonchev–Trinajstić information content (AvgIpc) is 3.02. The number of nitrogens with one attached hydrogen (secondary N) is 2. The summed E-state index contributed by atoms with van der Waals surface area (Å²) in [6.07, 6.45) is 3.90. The van der Waals surface area contributed by atoms with Crippen molar-refractivity contribution in [2.45, 2.75) is 40.2 Å². The molecule has 2 aromatic rings. The molecule has 0 atom stereocenters. The van der Waals surface area contributed by atoms with E-state index >= 15 is 0 Å². The van der Waals surface area contributed by atoms with E-state index in [1.54, 1.807) is 18.2 Å². The maximum absolute atomic E-state index is 12.9. The molecule has 0 aromatic heterocycles. The van der Waals surface area contributed by atoms with Crippen molar-refractivity contribution in [1.82, 2.24) is 10.2 Å². The number of imide groups is 1. The van der Waals surface area contributed by atoms with Crippen molar-refractivity contribution in [3.8, 4) is 0 Å². The van der Waals surface area contributed by atoms with Crippen molar-refractivity contribution in [1.29, 1.82) is 0 Å². The number of likely N-dealkylation sites (N-methyl/N-ethyl adjacent to an activating group) is 1. The van der Waals surface area contributed by atoms with Crippen molar-refractivity contribution in [3.63, 3.8) is 0 Å². The number of nitrogens with zero attached hydrogens (tertiary/aromatic N) is 2. The Hall–Kier alpha value is -3.87. The first-order chi connectivity index (χ1) is 16.1. The van der Waals surface area contributed by atoms with Gasteiger partial charge in [0.05, 0.1) is 5.54 Å². The van der Waals surface area contributed by atoms with Gasteiger partial charge in [-0.15, -0.1) is 0 Å². The highest BCUT2D eigenvalue weighted by Gasteiger charge is 2.35. The van der Waals surface area contributed by atoms with E-state index in [1.165, 1.54) is 5.57 Å². The zero-order chi connectivity index (χ0) is 24.6. The van der Waals surface area contributed by atoms with E-state index in [-0.39, 0.29) is 17.8 Å². The van der Waals surface area contributed by atoms with Crippen molar-refractivity contribution < 1.29 is 14.4 Å². The number of amides is 4. The number of hydrogen-bond acceptors (Lipinski definition) is 4. The van der Waals surface area contributed by atoms with Gasteiger partial charge in [-0.25, -0.2) is 9.69 Å². The summed E-state index contributed by atoms with van der Waals surface area (Å²) in [6.45, 7) is 11.1. The molecule has 2 aliphatic rings. The molecule has 0 spiro atoms. The molecule has 176 valence electrons. The third-order valence-corrected chi connectivity index (χ3v) is 6.23. The minimum Gasteiger partial charge on any atom is -0.363 e. The lowest BCUT2D eigenvalue weighted by Gasteiger charge is -2.42. The highest BCUT2D eigenvalue weighted by atomic mass is 16.2. The smallest absolute Gasteiger partial charge is 0.329 e. The van der Waals surface area contributed by atoms with Gasteiger partial charge in [0, 0.05) is 23.5 Å².